The molecular formula is C30H38N2O3. The fourth-order valence-corrected chi connectivity index (χ4v) is 5.35. The number of carbonyl (C=O) groups is 2. The van der Waals surface area contributed by atoms with Gasteiger partial charge < -0.3 is 14.6 Å². The van der Waals surface area contributed by atoms with E-state index >= 15 is 0 Å². The summed E-state index contributed by atoms with van der Waals surface area (Å²) in [7, 11) is 0. The van der Waals surface area contributed by atoms with Gasteiger partial charge in [0.25, 0.3) is 0 Å². The van der Waals surface area contributed by atoms with Crippen molar-refractivity contribution in [1.82, 2.24) is 9.88 Å². The first kappa shape index (κ1) is 25.2. The number of likely N-dealkylation sites (tertiary alicyclic amines) is 1. The molecule has 186 valence electrons. The summed E-state index contributed by atoms with van der Waals surface area (Å²) in [4.78, 5) is 30.6. The van der Waals surface area contributed by atoms with E-state index in [2.05, 4.69) is 61.0 Å². The molecule has 5 nitrogen and oxygen atoms in total. The number of hydrogen-bond acceptors (Lipinski definition) is 4. The maximum atomic E-state index is 12.7. The summed E-state index contributed by atoms with van der Waals surface area (Å²) in [6.45, 7) is 15.1. The van der Waals surface area contributed by atoms with E-state index in [1.807, 2.05) is 26.8 Å². The van der Waals surface area contributed by atoms with E-state index in [-0.39, 0.29) is 11.9 Å². The van der Waals surface area contributed by atoms with Crippen molar-refractivity contribution in [3.63, 3.8) is 0 Å². The molecule has 1 fully saturated rings. The molecule has 1 aliphatic rings. The molecule has 4 rings (SSSR count). The average Bonchev–Trinajstić information content (AvgIpc) is 3.19. The van der Waals surface area contributed by atoms with Crippen molar-refractivity contribution >= 4 is 22.7 Å². The normalized spacial score (nSPS) is 16.0. The van der Waals surface area contributed by atoms with Gasteiger partial charge in [0.05, 0.1) is 17.7 Å². The standard InChI is InChI=1S/C30H38N2O3/c1-7-35-29(34)30(5,6)23-8-9-26-25(17-23)27(21(4)18-32-12-10-24(33)11-13-32)28(31-26)22-15-19(2)14-20(3)16-22/h8-9,14-17,21,31H,7,10-13,18H2,1-6H3/t21-/m1/s1. The minimum atomic E-state index is -0.741. The fraction of sp³-hybridized carbons (Fsp3) is 0.467. The summed E-state index contributed by atoms with van der Waals surface area (Å²) < 4.78 is 5.38. The number of nitrogens with one attached hydrogen (secondary N) is 1. The van der Waals surface area contributed by atoms with E-state index in [9.17, 15) is 9.59 Å². The lowest BCUT2D eigenvalue weighted by atomic mass is 9.83. The second kappa shape index (κ2) is 9.98. The third-order valence-corrected chi connectivity index (χ3v) is 7.30. The van der Waals surface area contributed by atoms with Gasteiger partial charge in [-0.15, -0.1) is 0 Å². The number of aromatic nitrogens is 1. The number of piperidine rings is 1. The molecule has 0 aliphatic carbocycles. The molecule has 1 N–H and O–H groups in total. The first-order valence-electron chi connectivity index (χ1n) is 12.8. The van der Waals surface area contributed by atoms with Crippen LogP contribution in [0.1, 0.15) is 68.7 Å². The highest BCUT2D eigenvalue weighted by Crippen LogP contribution is 2.39. The highest BCUT2D eigenvalue weighted by molar-refractivity contribution is 5.93. The van der Waals surface area contributed by atoms with Gasteiger partial charge in [0, 0.05) is 43.4 Å². The van der Waals surface area contributed by atoms with Crippen LogP contribution in [0.15, 0.2) is 36.4 Å². The van der Waals surface area contributed by atoms with Gasteiger partial charge in [-0.3, -0.25) is 9.59 Å². The van der Waals surface area contributed by atoms with Crippen LogP contribution in [0.5, 0.6) is 0 Å². The topological polar surface area (TPSA) is 62.4 Å². The highest BCUT2D eigenvalue weighted by atomic mass is 16.5. The molecule has 0 spiro atoms. The van der Waals surface area contributed by atoms with Gasteiger partial charge >= 0.3 is 5.97 Å². The Labute approximate surface area is 208 Å². The molecule has 1 aromatic heterocycles. The second-order valence-electron chi connectivity index (χ2n) is 10.6. The number of carbonyl (C=O) groups excluding carboxylic acids is 2. The smallest absolute Gasteiger partial charge is 0.315 e. The van der Waals surface area contributed by atoms with Crippen LogP contribution in [0.3, 0.4) is 0 Å². The van der Waals surface area contributed by atoms with E-state index in [1.165, 1.54) is 22.3 Å². The Morgan fingerprint density at radius 1 is 1.09 bits per heavy atom. The van der Waals surface area contributed by atoms with Gasteiger partial charge in [-0.1, -0.05) is 30.2 Å². The quantitative estimate of drug-likeness (QED) is 0.423. The van der Waals surface area contributed by atoms with Gasteiger partial charge in [0.15, 0.2) is 0 Å². The van der Waals surface area contributed by atoms with Gasteiger partial charge in [-0.25, -0.2) is 0 Å². The summed E-state index contributed by atoms with van der Waals surface area (Å²) in [5, 5.41) is 1.15. The van der Waals surface area contributed by atoms with Crippen LogP contribution in [0.25, 0.3) is 22.2 Å². The minimum absolute atomic E-state index is 0.211. The molecule has 0 radical (unpaired) electrons. The van der Waals surface area contributed by atoms with Crippen LogP contribution < -0.4 is 0 Å². The maximum absolute atomic E-state index is 12.7. The fourth-order valence-electron chi connectivity index (χ4n) is 5.35. The van der Waals surface area contributed by atoms with Crippen molar-refractivity contribution < 1.29 is 14.3 Å². The molecule has 0 saturated carbocycles. The summed E-state index contributed by atoms with van der Waals surface area (Å²) in [6, 6.07) is 13.0. The summed E-state index contributed by atoms with van der Waals surface area (Å²) in [5.41, 5.74) is 7.33. The van der Waals surface area contributed by atoms with E-state index in [0.717, 1.165) is 41.8 Å². The van der Waals surface area contributed by atoms with Crippen molar-refractivity contribution in [2.24, 2.45) is 0 Å². The zero-order valence-electron chi connectivity index (χ0n) is 22.0. The van der Waals surface area contributed by atoms with Gasteiger partial charge in [0.2, 0.25) is 0 Å². The lowest BCUT2D eigenvalue weighted by Crippen LogP contribution is -2.36. The van der Waals surface area contributed by atoms with Crippen LogP contribution in [-0.4, -0.2) is 47.9 Å². The summed E-state index contributed by atoms with van der Waals surface area (Å²) in [6.07, 6.45) is 1.28. The molecule has 1 saturated heterocycles. The zero-order valence-corrected chi connectivity index (χ0v) is 22.0. The third kappa shape index (κ3) is 5.20. The second-order valence-corrected chi connectivity index (χ2v) is 10.6. The Balaban J connectivity index is 1.83. The Hall–Kier alpha value is -2.92. The third-order valence-electron chi connectivity index (χ3n) is 7.30. The first-order chi connectivity index (χ1) is 16.6. The van der Waals surface area contributed by atoms with E-state index < -0.39 is 5.41 Å². The van der Waals surface area contributed by atoms with E-state index in [0.29, 0.717) is 25.2 Å². The number of esters is 1. The van der Waals surface area contributed by atoms with Crippen LogP contribution >= 0.6 is 0 Å². The molecule has 5 heteroatoms. The van der Waals surface area contributed by atoms with Crippen LogP contribution in [0, 0.1) is 13.8 Å². The number of fused-ring (bicyclic) bond motifs is 1. The molecular weight excluding hydrogens is 436 g/mol. The average molecular weight is 475 g/mol. The summed E-state index contributed by atoms with van der Waals surface area (Å²) in [5.74, 6) is 0.397. The molecule has 0 amide bonds. The van der Waals surface area contributed by atoms with Crippen LogP contribution in [0.4, 0.5) is 0 Å². The number of Topliss-reactive ketones (excluding diaryl/α,β-unsaturated/α-hetero) is 1. The number of hydrogen-bond donors (Lipinski definition) is 1. The van der Waals surface area contributed by atoms with Crippen LogP contribution in [0.2, 0.25) is 0 Å². The zero-order chi connectivity index (χ0) is 25.3. The SMILES string of the molecule is CCOC(=O)C(C)(C)c1ccc2[nH]c(-c3cc(C)cc(C)c3)c([C@H](C)CN3CCC(=O)CC3)c2c1. The predicted molar refractivity (Wildman–Crippen MR) is 142 cm³/mol. The van der Waals surface area contributed by atoms with Crippen molar-refractivity contribution in [3.8, 4) is 11.3 Å². The maximum Gasteiger partial charge on any atom is 0.315 e. The number of benzene rings is 2. The van der Waals surface area contributed by atoms with Gasteiger partial charge in [-0.2, -0.15) is 0 Å². The number of nitrogens with zero attached hydrogens (tertiary/aromatic N) is 1. The number of rotatable bonds is 7. The molecule has 35 heavy (non-hydrogen) atoms. The largest absolute Gasteiger partial charge is 0.465 e. The lowest BCUT2D eigenvalue weighted by molar-refractivity contribution is -0.148. The predicted octanol–water partition coefficient (Wildman–Crippen LogP) is 6.06. The number of H-pyrrole nitrogens is 1. The first-order valence-corrected chi connectivity index (χ1v) is 12.8. The van der Waals surface area contributed by atoms with Crippen molar-refractivity contribution in [3.05, 3.63) is 58.7 Å². The van der Waals surface area contributed by atoms with E-state index in [1.54, 1.807) is 0 Å². The Morgan fingerprint density at radius 2 is 1.74 bits per heavy atom. The van der Waals surface area contributed by atoms with Crippen molar-refractivity contribution in [2.75, 3.05) is 26.2 Å². The molecule has 3 aromatic rings. The molecule has 1 aliphatic heterocycles. The Kier molecular flexibility index (Phi) is 7.18. The highest BCUT2D eigenvalue weighted by Gasteiger charge is 2.32. The van der Waals surface area contributed by atoms with E-state index in [4.69, 9.17) is 4.74 Å². The number of ether oxygens (including phenoxy) is 1. The molecule has 0 unspecified atom stereocenters. The van der Waals surface area contributed by atoms with Gasteiger partial charge in [-0.05, 0) is 81.5 Å². The summed E-state index contributed by atoms with van der Waals surface area (Å²) >= 11 is 0. The minimum Gasteiger partial charge on any atom is -0.465 e. The Bertz CT molecular complexity index is 1220. The van der Waals surface area contributed by atoms with Crippen molar-refractivity contribution in [2.45, 2.75) is 65.7 Å². The lowest BCUT2D eigenvalue weighted by Gasteiger charge is -2.29. The Morgan fingerprint density at radius 3 is 2.37 bits per heavy atom. The molecule has 2 heterocycles. The number of aryl methyl sites for hydroxylation is 2. The number of aromatic amines is 1. The molecule has 1 atom stereocenters. The monoisotopic (exact) mass is 474 g/mol. The molecule has 2 aromatic carbocycles. The number of ketones is 1. The molecule has 0 bridgehead atoms. The van der Waals surface area contributed by atoms with Crippen LogP contribution in [-0.2, 0) is 19.7 Å². The van der Waals surface area contributed by atoms with Gasteiger partial charge in [0.1, 0.15) is 5.78 Å². The van der Waals surface area contributed by atoms with Crippen molar-refractivity contribution in [1.29, 1.82) is 0 Å².